The van der Waals surface area contributed by atoms with Gasteiger partial charge < -0.3 is 9.53 Å². The molecular formula is C12H11F3O2. The van der Waals surface area contributed by atoms with Gasteiger partial charge in [-0.05, 0) is 17.7 Å². The van der Waals surface area contributed by atoms with E-state index >= 15 is 0 Å². The minimum Gasteiger partial charge on any atom is -0.496 e. The molecule has 1 rings (SSSR count). The van der Waals surface area contributed by atoms with E-state index in [1.807, 2.05) is 0 Å². The Morgan fingerprint density at radius 1 is 1.35 bits per heavy atom. The van der Waals surface area contributed by atoms with Gasteiger partial charge in [0.2, 0.25) is 0 Å². The molecule has 0 spiro atoms. The van der Waals surface area contributed by atoms with E-state index in [1.165, 1.54) is 19.2 Å². The van der Waals surface area contributed by atoms with Crippen molar-refractivity contribution >= 4 is 12.4 Å². The standard InChI is InChI=1S/C12H11F3O2/c1-17-11-8-9(4-2-3-7-16)5-6-10(11)12(13,14)15/h2,4-8H,3H2,1H3. The number of allylic oxidation sites excluding steroid dienone is 1. The topological polar surface area (TPSA) is 26.3 Å². The summed E-state index contributed by atoms with van der Waals surface area (Å²) in [7, 11) is 1.18. The molecule has 0 unspecified atom stereocenters. The summed E-state index contributed by atoms with van der Waals surface area (Å²) in [4.78, 5) is 10.1. The first-order chi connectivity index (χ1) is 7.99. The fraction of sp³-hybridized carbons (Fsp3) is 0.250. The van der Waals surface area contributed by atoms with Gasteiger partial charge in [-0.15, -0.1) is 0 Å². The van der Waals surface area contributed by atoms with E-state index in [9.17, 15) is 18.0 Å². The van der Waals surface area contributed by atoms with E-state index in [-0.39, 0.29) is 12.2 Å². The molecule has 0 aliphatic rings. The lowest BCUT2D eigenvalue weighted by atomic mass is 10.1. The van der Waals surface area contributed by atoms with Crippen LogP contribution in [0.15, 0.2) is 24.3 Å². The Kier molecular flexibility index (Phi) is 4.31. The van der Waals surface area contributed by atoms with Crippen LogP contribution in [0, 0.1) is 0 Å². The number of hydrogen-bond donors (Lipinski definition) is 0. The highest BCUT2D eigenvalue weighted by Crippen LogP contribution is 2.36. The third-order valence-corrected chi connectivity index (χ3v) is 2.07. The van der Waals surface area contributed by atoms with Crippen LogP contribution in [0.1, 0.15) is 17.5 Å². The Hall–Kier alpha value is -1.78. The van der Waals surface area contributed by atoms with Crippen molar-refractivity contribution in [2.24, 2.45) is 0 Å². The largest absolute Gasteiger partial charge is 0.496 e. The van der Waals surface area contributed by atoms with Gasteiger partial charge in [-0.1, -0.05) is 18.2 Å². The molecule has 0 atom stereocenters. The van der Waals surface area contributed by atoms with Crippen LogP contribution in [0.4, 0.5) is 13.2 Å². The number of halogens is 3. The first kappa shape index (κ1) is 13.3. The molecular weight excluding hydrogens is 233 g/mol. The van der Waals surface area contributed by atoms with Crippen molar-refractivity contribution in [3.63, 3.8) is 0 Å². The second-order valence-corrected chi connectivity index (χ2v) is 3.26. The minimum atomic E-state index is -4.43. The summed E-state index contributed by atoms with van der Waals surface area (Å²) < 4.78 is 42.3. The van der Waals surface area contributed by atoms with Crippen LogP contribution in [0.3, 0.4) is 0 Å². The number of carbonyl (C=O) groups is 1. The van der Waals surface area contributed by atoms with Gasteiger partial charge >= 0.3 is 6.18 Å². The van der Waals surface area contributed by atoms with Crippen molar-refractivity contribution in [1.29, 1.82) is 0 Å². The number of alkyl halides is 3. The molecule has 5 heteroatoms. The van der Waals surface area contributed by atoms with E-state index in [0.29, 0.717) is 11.8 Å². The smallest absolute Gasteiger partial charge is 0.419 e. The maximum atomic E-state index is 12.5. The molecule has 0 bridgehead atoms. The van der Waals surface area contributed by atoms with Gasteiger partial charge in [0.1, 0.15) is 12.0 Å². The number of methoxy groups -OCH3 is 1. The van der Waals surface area contributed by atoms with E-state index in [4.69, 9.17) is 4.74 Å². The Morgan fingerprint density at radius 2 is 2.06 bits per heavy atom. The molecule has 0 N–H and O–H groups in total. The number of carbonyl (C=O) groups excluding carboxylic acids is 1. The SMILES string of the molecule is COc1cc(C=CCC=O)ccc1C(F)(F)F. The quantitative estimate of drug-likeness (QED) is 0.759. The Labute approximate surface area is 96.7 Å². The monoisotopic (exact) mass is 244 g/mol. The van der Waals surface area contributed by atoms with Crippen LogP contribution in [-0.4, -0.2) is 13.4 Å². The maximum absolute atomic E-state index is 12.5. The molecule has 0 heterocycles. The zero-order valence-corrected chi connectivity index (χ0v) is 9.12. The van der Waals surface area contributed by atoms with Gasteiger partial charge in [-0.2, -0.15) is 13.2 Å². The fourth-order valence-electron chi connectivity index (χ4n) is 1.31. The normalized spacial score (nSPS) is 11.8. The lowest BCUT2D eigenvalue weighted by molar-refractivity contribution is -0.138. The van der Waals surface area contributed by atoms with Gasteiger partial charge in [-0.25, -0.2) is 0 Å². The third-order valence-electron chi connectivity index (χ3n) is 2.07. The molecule has 0 radical (unpaired) electrons. The maximum Gasteiger partial charge on any atom is 0.419 e. The summed E-state index contributed by atoms with van der Waals surface area (Å²) in [5.74, 6) is -0.231. The molecule has 0 amide bonds. The molecule has 92 valence electrons. The highest BCUT2D eigenvalue weighted by Gasteiger charge is 2.34. The first-order valence-corrected chi connectivity index (χ1v) is 4.84. The second-order valence-electron chi connectivity index (χ2n) is 3.26. The molecule has 17 heavy (non-hydrogen) atoms. The van der Waals surface area contributed by atoms with E-state index in [1.54, 1.807) is 12.2 Å². The van der Waals surface area contributed by atoms with Crippen molar-refractivity contribution in [3.8, 4) is 5.75 Å². The number of hydrogen-bond acceptors (Lipinski definition) is 2. The summed E-state index contributed by atoms with van der Waals surface area (Å²) in [6.07, 6.45) is -0.371. The minimum absolute atomic E-state index is 0.226. The number of rotatable bonds is 4. The lowest BCUT2D eigenvalue weighted by Crippen LogP contribution is -2.07. The van der Waals surface area contributed by atoms with Crippen molar-refractivity contribution in [2.45, 2.75) is 12.6 Å². The summed E-state index contributed by atoms with van der Waals surface area (Å²) >= 11 is 0. The molecule has 2 nitrogen and oxygen atoms in total. The van der Waals surface area contributed by atoms with Gasteiger partial charge in [0.15, 0.2) is 0 Å². The second kappa shape index (κ2) is 5.52. The summed E-state index contributed by atoms with van der Waals surface area (Å²) in [5, 5.41) is 0. The zero-order chi connectivity index (χ0) is 12.9. The van der Waals surface area contributed by atoms with E-state index < -0.39 is 11.7 Å². The number of aldehydes is 1. The van der Waals surface area contributed by atoms with Crippen LogP contribution >= 0.6 is 0 Å². The predicted octanol–water partition coefficient (Wildman–Crippen LogP) is 3.32. The van der Waals surface area contributed by atoms with Crippen LogP contribution in [0.5, 0.6) is 5.75 Å². The molecule has 0 saturated carbocycles. The highest BCUT2D eigenvalue weighted by atomic mass is 19.4. The number of benzene rings is 1. The van der Waals surface area contributed by atoms with Crippen molar-refractivity contribution in [1.82, 2.24) is 0 Å². The van der Waals surface area contributed by atoms with Crippen LogP contribution in [0.25, 0.3) is 6.08 Å². The average molecular weight is 244 g/mol. The predicted molar refractivity (Wildman–Crippen MR) is 57.7 cm³/mol. The lowest BCUT2D eigenvalue weighted by Gasteiger charge is -2.12. The molecule has 0 aromatic heterocycles. The molecule has 0 aliphatic carbocycles. The Bertz CT molecular complexity index is 422. The van der Waals surface area contributed by atoms with Crippen LogP contribution in [0.2, 0.25) is 0 Å². The zero-order valence-electron chi connectivity index (χ0n) is 9.12. The Balaban J connectivity index is 3.04. The van der Waals surface area contributed by atoms with Crippen molar-refractivity contribution in [2.75, 3.05) is 7.11 Å². The summed E-state index contributed by atoms with van der Waals surface area (Å²) in [6, 6.07) is 3.57. The molecule has 0 aliphatic heterocycles. The summed E-state index contributed by atoms with van der Waals surface area (Å²) in [6.45, 7) is 0. The Morgan fingerprint density at radius 3 is 2.59 bits per heavy atom. The third kappa shape index (κ3) is 3.62. The van der Waals surface area contributed by atoms with E-state index in [0.717, 1.165) is 6.07 Å². The van der Waals surface area contributed by atoms with Gasteiger partial charge in [0.05, 0.1) is 12.7 Å². The fourth-order valence-corrected chi connectivity index (χ4v) is 1.31. The van der Waals surface area contributed by atoms with E-state index in [2.05, 4.69) is 0 Å². The first-order valence-electron chi connectivity index (χ1n) is 4.84. The molecule has 0 saturated heterocycles. The van der Waals surface area contributed by atoms with Gasteiger partial charge in [0.25, 0.3) is 0 Å². The highest BCUT2D eigenvalue weighted by molar-refractivity contribution is 5.59. The summed E-state index contributed by atoms with van der Waals surface area (Å²) in [5.41, 5.74) is -0.260. The number of ether oxygens (including phenoxy) is 1. The molecule has 0 fully saturated rings. The molecule has 1 aromatic rings. The van der Waals surface area contributed by atoms with Crippen LogP contribution < -0.4 is 4.74 Å². The molecule has 1 aromatic carbocycles. The van der Waals surface area contributed by atoms with Gasteiger partial charge in [-0.3, -0.25) is 0 Å². The average Bonchev–Trinajstić information content (AvgIpc) is 2.28. The van der Waals surface area contributed by atoms with Crippen molar-refractivity contribution in [3.05, 3.63) is 35.4 Å². The van der Waals surface area contributed by atoms with Crippen LogP contribution in [-0.2, 0) is 11.0 Å². The van der Waals surface area contributed by atoms with Crippen molar-refractivity contribution < 1.29 is 22.7 Å². The van der Waals surface area contributed by atoms with Gasteiger partial charge in [0, 0.05) is 6.42 Å².